The van der Waals surface area contributed by atoms with Crippen LogP contribution in [0.2, 0.25) is 0 Å². The van der Waals surface area contributed by atoms with Crippen LogP contribution < -0.4 is 10.9 Å². The SMILES string of the molecule is Cc1ccc(CC(=O)NNC(=O)c2ccc(F)cc2)cc1C. The van der Waals surface area contributed by atoms with Crippen LogP contribution in [0.1, 0.15) is 27.0 Å². The normalized spacial score (nSPS) is 10.1. The predicted octanol–water partition coefficient (Wildman–Crippen LogP) is 2.45. The van der Waals surface area contributed by atoms with E-state index in [1.807, 2.05) is 32.0 Å². The van der Waals surface area contributed by atoms with Gasteiger partial charge in [0, 0.05) is 5.56 Å². The molecule has 0 aliphatic carbocycles. The fourth-order valence-corrected chi connectivity index (χ4v) is 1.94. The lowest BCUT2D eigenvalue weighted by atomic mass is 10.0. The summed E-state index contributed by atoms with van der Waals surface area (Å²) in [7, 11) is 0. The van der Waals surface area contributed by atoms with Gasteiger partial charge in [-0.3, -0.25) is 20.4 Å². The molecule has 0 aliphatic rings. The zero-order chi connectivity index (χ0) is 16.1. The first-order chi connectivity index (χ1) is 10.5. The van der Waals surface area contributed by atoms with E-state index in [9.17, 15) is 14.0 Å². The van der Waals surface area contributed by atoms with E-state index in [-0.39, 0.29) is 17.9 Å². The third kappa shape index (κ3) is 4.15. The minimum absolute atomic E-state index is 0.171. The molecule has 0 spiro atoms. The van der Waals surface area contributed by atoms with E-state index in [1.54, 1.807) is 0 Å². The smallest absolute Gasteiger partial charge is 0.269 e. The molecule has 0 saturated heterocycles. The molecule has 0 aromatic heterocycles. The van der Waals surface area contributed by atoms with Crippen molar-refractivity contribution in [2.75, 3.05) is 0 Å². The van der Waals surface area contributed by atoms with Crippen LogP contribution in [0.25, 0.3) is 0 Å². The van der Waals surface area contributed by atoms with Crippen molar-refractivity contribution in [2.45, 2.75) is 20.3 Å². The van der Waals surface area contributed by atoms with E-state index in [4.69, 9.17) is 0 Å². The monoisotopic (exact) mass is 300 g/mol. The molecule has 114 valence electrons. The van der Waals surface area contributed by atoms with Crippen LogP contribution in [0.3, 0.4) is 0 Å². The number of hydrogen-bond donors (Lipinski definition) is 2. The number of carbonyl (C=O) groups is 2. The van der Waals surface area contributed by atoms with Crippen LogP contribution in [-0.4, -0.2) is 11.8 Å². The van der Waals surface area contributed by atoms with Crippen molar-refractivity contribution in [3.63, 3.8) is 0 Å². The lowest BCUT2D eigenvalue weighted by molar-refractivity contribution is -0.121. The molecule has 0 bridgehead atoms. The third-order valence-electron chi connectivity index (χ3n) is 3.36. The van der Waals surface area contributed by atoms with Crippen molar-refractivity contribution in [1.82, 2.24) is 10.9 Å². The average molecular weight is 300 g/mol. The van der Waals surface area contributed by atoms with E-state index in [0.717, 1.165) is 16.7 Å². The Bertz CT molecular complexity index is 696. The Morgan fingerprint density at radius 3 is 2.27 bits per heavy atom. The van der Waals surface area contributed by atoms with Gasteiger partial charge in [-0.2, -0.15) is 0 Å². The van der Waals surface area contributed by atoms with Gasteiger partial charge in [-0.05, 0) is 54.8 Å². The van der Waals surface area contributed by atoms with Gasteiger partial charge in [0.2, 0.25) is 5.91 Å². The second-order valence-electron chi connectivity index (χ2n) is 5.10. The molecule has 0 aliphatic heterocycles. The van der Waals surface area contributed by atoms with Crippen molar-refractivity contribution >= 4 is 11.8 Å². The van der Waals surface area contributed by atoms with E-state index >= 15 is 0 Å². The van der Waals surface area contributed by atoms with E-state index in [1.165, 1.54) is 24.3 Å². The fraction of sp³-hybridized carbons (Fsp3) is 0.176. The van der Waals surface area contributed by atoms with Gasteiger partial charge >= 0.3 is 0 Å². The lowest BCUT2D eigenvalue weighted by Crippen LogP contribution is -2.42. The van der Waals surface area contributed by atoms with Crippen molar-refractivity contribution in [3.05, 3.63) is 70.5 Å². The summed E-state index contributed by atoms with van der Waals surface area (Å²) in [6, 6.07) is 10.8. The Morgan fingerprint density at radius 1 is 0.955 bits per heavy atom. The van der Waals surface area contributed by atoms with E-state index in [0.29, 0.717) is 0 Å². The number of carbonyl (C=O) groups excluding carboxylic acids is 2. The summed E-state index contributed by atoms with van der Waals surface area (Å²) in [4.78, 5) is 23.6. The molecule has 5 heteroatoms. The van der Waals surface area contributed by atoms with Gasteiger partial charge in [-0.25, -0.2) is 4.39 Å². The number of hydrazine groups is 1. The minimum Gasteiger partial charge on any atom is -0.273 e. The molecule has 2 aromatic carbocycles. The van der Waals surface area contributed by atoms with Gasteiger partial charge in [-0.15, -0.1) is 0 Å². The summed E-state index contributed by atoms with van der Waals surface area (Å²) in [5.41, 5.74) is 8.07. The molecule has 0 atom stereocenters. The molecule has 4 nitrogen and oxygen atoms in total. The number of benzene rings is 2. The molecule has 0 saturated carbocycles. The molecule has 0 heterocycles. The molecule has 2 N–H and O–H groups in total. The lowest BCUT2D eigenvalue weighted by Gasteiger charge is -2.08. The quantitative estimate of drug-likeness (QED) is 0.855. The number of aryl methyl sites for hydroxylation is 2. The molecular formula is C17H17FN2O2. The second kappa shape index (κ2) is 6.85. The molecule has 2 rings (SSSR count). The summed E-state index contributed by atoms with van der Waals surface area (Å²) in [6.45, 7) is 3.98. The second-order valence-corrected chi connectivity index (χ2v) is 5.10. The number of nitrogens with one attached hydrogen (secondary N) is 2. The highest BCUT2D eigenvalue weighted by Crippen LogP contribution is 2.10. The highest BCUT2D eigenvalue weighted by Gasteiger charge is 2.08. The average Bonchev–Trinajstić information content (AvgIpc) is 2.49. The topological polar surface area (TPSA) is 58.2 Å². The maximum Gasteiger partial charge on any atom is 0.269 e. The highest BCUT2D eigenvalue weighted by molar-refractivity contribution is 5.95. The van der Waals surface area contributed by atoms with Gasteiger partial charge in [0.15, 0.2) is 0 Å². The van der Waals surface area contributed by atoms with Crippen LogP contribution in [-0.2, 0) is 11.2 Å². The first-order valence-corrected chi connectivity index (χ1v) is 6.86. The van der Waals surface area contributed by atoms with Crippen LogP contribution >= 0.6 is 0 Å². The maximum atomic E-state index is 12.8. The van der Waals surface area contributed by atoms with Crippen molar-refractivity contribution in [3.8, 4) is 0 Å². The van der Waals surface area contributed by atoms with E-state index in [2.05, 4.69) is 10.9 Å². The first kappa shape index (κ1) is 15.7. The highest BCUT2D eigenvalue weighted by atomic mass is 19.1. The fourth-order valence-electron chi connectivity index (χ4n) is 1.94. The third-order valence-corrected chi connectivity index (χ3v) is 3.36. The van der Waals surface area contributed by atoms with Crippen LogP contribution in [0, 0.1) is 19.7 Å². The Balaban J connectivity index is 1.88. The zero-order valence-corrected chi connectivity index (χ0v) is 12.4. The van der Waals surface area contributed by atoms with Crippen LogP contribution in [0.15, 0.2) is 42.5 Å². The van der Waals surface area contributed by atoms with Crippen LogP contribution in [0.4, 0.5) is 4.39 Å². The van der Waals surface area contributed by atoms with Gasteiger partial charge in [0.25, 0.3) is 5.91 Å². The molecule has 2 aromatic rings. The first-order valence-electron chi connectivity index (χ1n) is 6.86. The van der Waals surface area contributed by atoms with Gasteiger partial charge in [0.05, 0.1) is 6.42 Å². The number of hydrogen-bond acceptors (Lipinski definition) is 2. The molecule has 0 radical (unpaired) electrons. The number of rotatable bonds is 3. The van der Waals surface area contributed by atoms with E-state index < -0.39 is 11.7 Å². The molecule has 2 amide bonds. The standard InChI is InChI=1S/C17H17FN2O2/c1-11-3-4-13(9-12(11)2)10-16(21)19-20-17(22)14-5-7-15(18)8-6-14/h3-9H,10H2,1-2H3,(H,19,21)(H,20,22). The van der Waals surface area contributed by atoms with Gasteiger partial charge in [-0.1, -0.05) is 18.2 Å². The Kier molecular flexibility index (Phi) is 4.88. The maximum absolute atomic E-state index is 12.8. The predicted molar refractivity (Wildman–Crippen MR) is 81.6 cm³/mol. The minimum atomic E-state index is -0.492. The molecule has 0 fully saturated rings. The Hall–Kier alpha value is -2.69. The number of amides is 2. The van der Waals surface area contributed by atoms with Gasteiger partial charge < -0.3 is 0 Å². The van der Waals surface area contributed by atoms with Gasteiger partial charge in [0.1, 0.15) is 5.82 Å². The largest absolute Gasteiger partial charge is 0.273 e. The Labute approximate surface area is 128 Å². The molecule has 0 unspecified atom stereocenters. The summed E-state index contributed by atoms with van der Waals surface area (Å²) >= 11 is 0. The zero-order valence-electron chi connectivity index (χ0n) is 12.4. The van der Waals surface area contributed by atoms with Crippen molar-refractivity contribution < 1.29 is 14.0 Å². The number of halogens is 1. The molecule has 22 heavy (non-hydrogen) atoms. The van der Waals surface area contributed by atoms with Crippen LogP contribution in [0.5, 0.6) is 0 Å². The summed E-state index contributed by atoms with van der Waals surface area (Å²) in [5, 5.41) is 0. The summed E-state index contributed by atoms with van der Waals surface area (Å²) < 4.78 is 12.8. The summed E-state index contributed by atoms with van der Waals surface area (Å²) in [6.07, 6.45) is 0.171. The summed E-state index contributed by atoms with van der Waals surface area (Å²) in [5.74, 6) is -1.23. The molecular weight excluding hydrogens is 283 g/mol. The Morgan fingerprint density at radius 2 is 1.64 bits per heavy atom. The van der Waals surface area contributed by atoms with Crippen molar-refractivity contribution in [2.24, 2.45) is 0 Å². The van der Waals surface area contributed by atoms with Crippen molar-refractivity contribution in [1.29, 1.82) is 0 Å².